The molecule has 1 fully saturated rings. The van der Waals surface area contributed by atoms with Gasteiger partial charge in [0.2, 0.25) is 0 Å². The van der Waals surface area contributed by atoms with E-state index in [2.05, 4.69) is 5.32 Å². The van der Waals surface area contributed by atoms with Crippen LogP contribution in [0.15, 0.2) is 12.1 Å². The van der Waals surface area contributed by atoms with E-state index in [0.717, 1.165) is 37.3 Å². The topological polar surface area (TPSA) is 75.5 Å². The van der Waals surface area contributed by atoms with E-state index in [-0.39, 0.29) is 17.0 Å². The summed E-state index contributed by atoms with van der Waals surface area (Å²) in [6.45, 7) is 4.35. The van der Waals surface area contributed by atoms with Crippen molar-refractivity contribution in [1.29, 1.82) is 0 Å². The van der Waals surface area contributed by atoms with Crippen LogP contribution in [-0.4, -0.2) is 41.4 Å². The average Bonchev–Trinajstić information content (AvgIpc) is 2.90. The Morgan fingerprint density at radius 2 is 2.42 bits per heavy atom. The van der Waals surface area contributed by atoms with Crippen LogP contribution in [0, 0.1) is 10.1 Å². The molecule has 104 valence electrons. The lowest BCUT2D eigenvalue weighted by Crippen LogP contribution is -2.48. The van der Waals surface area contributed by atoms with Crippen LogP contribution < -0.4 is 5.32 Å². The molecule has 0 aliphatic carbocycles. The number of thiophene rings is 1. The largest absolute Gasteiger partial charge is 0.334 e. The smallest absolute Gasteiger partial charge is 0.324 e. The summed E-state index contributed by atoms with van der Waals surface area (Å²) in [5, 5.41) is 14.0. The first-order chi connectivity index (χ1) is 9.13. The molecule has 0 saturated carbocycles. The van der Waals surface area contributed by atoms with Crippen molar-refractivity contribution in [3.8, 4) is 0 Å². The van der Waals surface area contributed by atoms with Gasteiger partial charge in [-0.1, -0.05) is 11.3 Å². The molecular formula is C12H17N3O3S. The van der Waals surface area contributed by atoms with E-state index in [4.69, 9.17) is 0 Å². The van der Waals surface area contributed by atoms with Crippen molar-refractivity contribution in [1.82, 2.24) is 10.2 Å². The zero-order chi connectivity index (χ0) is 13.8. The monoisotopic (exact) mass is 283 g/mol. The Kier molecular flexibility index (Phi) is 4.49. The summed E-state index contributed by atoms with van der Waals surface area (Å²) in [5.74, 6) is -0.103. The van der Waals surface area contributed by atoms with Crippen molar-refractivity contribution in [3.05, 3.63) is 27.1 Å². The van der Waals surface area contributed by atoms with Gasteiger partial charge in [0.05, 0.1) is 9.80 Å². The molecule has 1 aromatic rings. The van der Waals surface area contributed by atoms with Crippen molar-refractivity contribution < 1.29 is 9.72 Å². The Balaban J connectivity index is 2.12. The second-order valence-corrected chi connectivity index (χ2v) is 5.55. The van der Waals surface area contributed by atoms with Gasteiger partial charge in [-0.3, -0.25) is 14.9 Å². The van der Waals surface area contributed by atoms with Gasteiger partial charge in [-0.15, -0.1) is 0 Å². The second kappa shape index (κ2) is 6.12. The van der Waals surface area contributed by atoms with Gasteiger partial charge >= 0.3 is 5.00 Å². The van der Waals surface area contributed by atoms with E-state index in [0.29, 0.717) is 11.4 Å². The predicted octanol–water partition coefficient (Wildman–Crippen LogP) is 1.87. The molecule has 0 bridgehead atoms. The lowest BCUT2D eigenvalue weighted by atomic mass is 10.1. The molecular weight excluding hydrogens is 266 g/mol. The summed E-state index contributed by atoms with van der Waals surface area (Å²) in [6.07, 6.45) is 2.04. The fraction of sp³-hybridized carbons (Fsp3) is 0.583. The van der Waals surface area contributed by atoms with E-state index in [1.807, 2.05) is 11.8 Å². The molecule has 0 aromatic carbocycles. The van der Waals surface area contributed by atoms with E-state index < -0.39 is 4.92 Å². The third-order valence-electron chi connectivity index (χ3n) is 3.30. The summed E-state index contributed by atoms with van der Waals surface area (Å²) in [7, 11) is 0. The van der Waals surface area contributed by atoms with Crippen LogP contribution >= 0.6 is 11.3 Å². The van der Waals surface area contributed by atoms with Crippen LogP contribution in [0.25, 0.3) is 0 Å². The highest BCUT2D eigenvalue weighted by Gasteiger charge is 2.26. The van der Waals surface area contributed by atoms with Gasteiger partial charge in [0.1, 0.15) is 0 Å². The number of nitrogens with one attached hydrogen (secondary N) is 1. The number of nitro groups is 1. The van der Waals surface area contributed by atoms with Crippen molar-refractivity contribution in [2.45, 2.75) is 25.8 Å². The number of carbonyl (C=O) groups excluding carboxylic acids is 1. The molecule has 1 unspecified atom stereocenters. The third-order valence-corrected chi connectivity index (χ3v) is 4.32. The van der Waals surface area contributed by atoms with E-state index >= 15 is 0 Å². The maximum absolute atomic E-state index is 12.4. The molecule has 1 aliphatic heterocycles. The molecule has 1 amide bonds. The number of amides is 1. The molecule has 19 heavy (non-hydrogen) atoms. The van der Waals surface area contributed by atoms with Gasteiger partial charge < -0.3 is 10.2 Å². The lowest BCUT2D eigenvalue weighted by Gasteiger charge is -2.33. The molecule has 2 heterocycles. The van der Waals surface area contributed by atoms with E-state index in [9.17, 15) is 14.9 Å². The molecule has 7 heteroatoms. The summed E-state index contributed by atoms with van der Waals surface area (Å²) in [5.41, 5.74) is 0. The number of piperidine rings is 1. The maximum atomic E-state index is 12.4. The molecule has 6 nitrogen and oxygen atoms in total. The number of hydrogen-bond acceptors (Lipinski definition) is 5. The highest BCUT2D eigenvalue weighted by Crippen LogP contribution is 2.26. The summed E-state index contributed by atoms with van der Waals surface area (Å²) >= 11 is 0.946. The van der Waals surface area contributed by atoms with Gasteiger partial charge in [-0.05, 0) is 32.4 Å². The van der Waals surface area contributed by atoms with Crippen molar-refractivity contribution in [2.75, 3.05) is 19.6 Å². The first kappa shape index (κ1) is 14.0. The standard InChI is InChI=1S/C12H17N3O3S/c1-2-14(9-4-3-7-13-8-9)12(16)10-5-6-11(19-10)15(17)18/h5-6,9,13H,2-4,7-8H2,1H3. The summed E-state index contributed by atoms with van der Waals surface area (Å²) < 4.78 is 0. The molecule has 0 radical (unpaired) electrons. The van der Waals surface area contributed by atoms with Crippen LogP contribution in [0.2, 0.25) is 0 Å². The van der Waals surface area contributed by atoms with Gasteiger partial charge in [-0.25, -0.2) is 0 Å². The summed E-state index contributed by atoms with van der Waals surface area (Å²) in [6, 6.07) is 3.13. The highest BCUT2D eigenvalue weighted by atomic mass is 32.1. The lowest BCUT2D eigenvalue weighted by molar-refractivity contribution is -0.380. The van der Waals surface area contributed by atoms with Crippen LogP contribution in [0.5, 0.6) is 0 Å². The van der Waals surface area contributed by atoms with E-state index in [1.165, 1.54) is 6.07 Å². The maximum Gasteiger partial charge on any atom is 0.324 e. The Hall–Kier alpha value is -1.47. The van der Waals surface area contributed by atoms with Crippen LogP contribution in [0.1, 0.15) is 29.4 Å². The quantitative estimate of drug-likeness (QED) is 0.676. The van der Waals surface area contributed by atoms with Crippen molar-refractivity contribution >= 4 is 22.2 Å². The number of hydrogen-bond donors (Lipinski definition) is 1. The predicted molar refractivity (Wildman–Crippen MR) is 73.6 cm³/mol. The molecule has 1 saturated heterocycles. The van der Waals surface area contributed by atoms with Gasteiger partial charge in [0.25, 0.3) is 5.91 Å². The molecule has 1 atom stereocenters. The van der Waals surface area contributed by atoms with Gasteiger partial charge in [0.15, 0.2) is 0 Å². The van der Waals surface area contributed by atoms with Gasteiger partial charge in [0, 0.05) is 25.2 Å². The zero-order valence-electron chi connectivity index (χ0n) is 10.8. The Morgan fingerprint density at radius 3 is 2.95 bits per heavy atom. The highest BCUT2D eigenvalue weighted by molar-refractivity contribution is 7.17. The SMILES string of the molecule is CCN(C(=O)c1ccc([N+](=O)[O-])s1)C1CCCNC1. The number of carbonyl (C=O) groups is 1. The fourth-order valence-electron chi connectivity index (χ4n) is 2.35. The molecule has 0 spiro atoms. The fourth-order valence-corrected chi connectivity index (χ4v) is 3.13. The second-order valence-electron chi connectivity index (χ2n) is 4.49. The van der Waals surface area contributed by atoms with Crippen LogP contribution in [0.4, 0.5) is 5.00 Å². The first-order valence-corrected chi connectivity index (χ1v) is 7.21. The van der Waals surface area contributed by atoms with E-state index in [1.54, 1.807) is 6.07 Å². The van der Waals surface area contributed by atoms with Crippen LogP contribution in [-0.2, 0) is 0 Å². The van der Waals surface area contributed by atoms with Crippen molar-refractivity contribution in [2.24, 2.45) is 0 Å². The zero-order valence-corrected chi connectivity index (χ0v) is 11.6. The molecule has 2 rings (SSSR count). The van der Waals surface area contributed by atoms with Crippen LogP contribution in [0.3, 0.4) is 0 Å². The third kappa shape index (κ3) is 3.10. The number of rotatable bonds is 4. The molecule has 1 N–H and O–H groups in total. The minimum atomic E-state index is -0.458. The Labute approximate surface area is 115 Å². The first-order valence-electron chi connectivity index (χ1n) is 6.39. The molecule has 1 aromatic heterocycles. The van der Waals surface area contributed by atoms with Crippen molar-refractivity contribution in [3.63, 3.8) is 0 Å². The molecule has 1 aliphatic rings. The Bertz CT molecular complexity index is 469. The normalized spacial score (nSPS) is 19.1. The minimum Gasteiger partial charge on any atom is -0.334 e. The van der Waals surface area contributed by atoms with Gasteiger partial charge in [-0.2, -0.15) is 0 Å². The number of nitrogens with zero attached hydrogens (tertiary/aromatic N) is 2. The Morgan fingerprint density at radius 1 is 1.63 bits per heavy atom. The average molecular weight is 283 g/mol. The number of likely N-dealkylation sites (N-methyl/N-ethyl adjacent to an activating group) is 1. The summed E-state index contributed by atoms with van der Waals surface area (Å²) in [4.78, 5) is 24.8. The minimum absolute atomic E-state index is 0.0150.